The summed E-state index contributed by atoms with van der Waals surface area (Å²) in [7, 11) is 0. The number of nitrogens with zero attached hydrogens (tertiary/aromatic N) is 1. The van der Waals surface area contributed by atoms with Crippen LogP contribution in [0.15, 0.2) is 30.8 Å². The van der Waals surface area contributed by atoms with Crippen LogP contribution in [0.2, 0.25) is 0 Å². The lowest BCUT2D eigenvalue weighted by Crippen LogP contribution is -2.05. The topological polar surface area (TPSA) is 4.93 Å². The molecule has 2 rings (SSSR count). The van der Waals surface area contributed by atoms with Crippen molar-refractivity contribution in [1.82, 2.24) is 4.57 Å². The Labute approximate surface area is 104 Å². The molecular weight excluding hydrogens is 206 g/mol. The number of aryl methyl sites for hydroxylation is 1. The molecule has 1 heteroatoms. The Bertz CT molecular complexity index is 532. The highest BCUT2D eigenvalue weighted by Gasteiger charge is 2.08. The van der Waals surface area contributed by atoms with Gasteiger partial charge in [-0.3, -0.25) is 0 Å². The standard InChI is InChI=1S/C16H21N/c1-5-13-7-8-14-10-15(6-2)17(11-12(3)4)16(14)9-13/h6-10,12H,2,5,11H2,1,3-4H3. The molecule has 0 aliphatic carbocycles. The normalized spacial score (nSPS) is 11.3. The molecule has 1 heterocycles. The summed E-state index contributed by atoms with van der Waals surface area (Å²) in [6, 6.07) is 8.97. The highest BCUT2D eigenvalue weighted by molar-refractivity contribution is 5.84. The maximum Gasteiger partial charge on any atom is 0.0487 e. The lowest BCUT2D eigenvalue weighted by atomic mass is 10.1. The molecule has 0 fully saturated rings. The first-order valence-electron chi connectivity index (χ1n) is 6.40. The first-order chi connectivity index (χ1) is 8.15. The minimum atomic E-state index is 0.648. The van der Waals surface area contributed by atoms with Gasteiger partial charge in [0.15, 0.2) is 0 Å². The molecule has 1 nitrogen and oxygen atoms in total. The number of benzene rings is 1. The van der Waals surface area contributed by atoms with Crippen molar-refractivity contribution in [3.63, 3.8) is 0 Å². The largest absolute Gasteiger partial charge is 0.341 e. The van der Waals surface area contributed by atoms with Crippen molar-refractivity contribution in [1.29, 1.82) is 0 Å². The van der Waals surface area contributed by atoms with Gasteiger partial charge in [-0.25, -0.2) is 0 Å². The summed E-state index contributed by atoms with van der Waals surface area (Å²) in [4.78, 5) is 0. The maximum atomic E-state index is 3.92. The molecule has 0 amide bonds. The summed E-state index contributed by atoms with van der Waals surface area (Å²) in [6.07, 6.45) is 3.04. The third-order valence-electron chi connectivity index (χ3n) is 3.17. The van der Waals surface area contributed by atoms with Crippen LogP contribution in [0.3, 0.4) is 0 Å². The summed E-state index contributed by atoms with van der Waals surface area (Å²) in [6.45, 7) is 11.7. The van der Waals surface area contributed by atoms with Crippen LogP contribution in [-0.4, -0.2) is 4.57 Å². The van der Waals surface area contributed by atoms with E-state index in [4.69, 9.17) is 0 Å². The Morgan fingerprint density at radius 3 is 2.65 bits per heavy atom. The predicted molar refractivity (Wildman–Crippen MR) is 76.2 cm³/mol. The van der Waals surface area contributed by atoms with Crippen LogP contribution < -0.4 is 0 Å². The van der Waals surface area contributed by atoms with Gasteiger partial charge in [-0.05, 0) is 36.1 Å². The van der Waals surface area contributed by atoms with Gasteiger partial charge in [0.25, 0.3) is 0 Å². The Balaban J connectivity index is 2.62. The Hall–Kier alpha value is -1.50. The third-order valence-corrected chi connectivity index (χ3v) is 3.17. The van der Waals surface area contributed by atoms with Gasteiger partial charge in [0.1, 0.15) is 0 Å². The number of rotatable bonds is 4. The van der Waals surface area contributed by atoms with Crippen molar-refractivity contribution in [3.8, 4) is 0 Å². The zero-order valence-corrected chi connectivity index (χ0v) is 11.0. The SMILES string of the molecule is C=Cc1cc2ccc(CC)cc2n1CC(C)C. The molecule has 0 bridgehead atoms. The molecule has 0 aliphatic heterocycles. The van der Waals surface area contributed by atoms with E-state index < -0.39 is 0 Å². The fourth-order valence-corrected chi connectivity index (χ4v) is 2.28. The number of aromatic nitrogens is 1. The third kappa shape index (κ3) is 2.28. The molecule has 0 N–H and O–H groups in total. The second-order valence-corrected chi connectivity index (χ2v) is 5.02. The minimum absolute atomic E-state index is 0.648. The van der Waals surface area contributed by atoms with E-state index >= 15 is 0 Å². The van der Waals surface area contributed by atoms with Gasteiger partial charge in [-0.15, -0.1) is 0 Å². The summed E-state index contributed by atoms with van der Waals surface area (Å²) in [5.74, 6) is 0.648. The highest BCUT2D eigenvalue weighted by Crippen LogP contribution is 2.23. The first-order valence-corrected chi connectivity index (χ1v) is 6.40. The molecule has 0 aliphatic rings. The molecule has 1 aromatic heterocycles. The number of hydrogen-bond acceptors (Lipinski definition) is 0. The molecule has 0 radical (unpaired) electrons. The van der Waals surface area contributed by atoms with E-state index in [-0.39, 0.29) is 0 Å². The van der Waals surface area contributed by atoms with E-state index in [9.17, 15) is 0 Å². The van der Waals surface area contributed by atoms with Gasteiger partial charge in [-0.1, -0.05) is 39.5 Å². The molecular formula is C16H21N. The van der Waals surface area contributed by atoms with Crippen molar-refractivity contribution >= 4 is 17.0 Å². The lowest BCUT2D eigenvalue weighted by Gasteiger charge is -2.11. The minimum Gasteiger partial charge on any atom is -0.341 e. The second kappa shape index (κ2) is 4.79. The van der Waals surface area contributed by atoms with Gasteiger partial charge in [0.2, 0.25) is 0 Å². The van der Waals surface area contributed by atoms with Crippen LogP contribution in [0.5, 0.6) is 0 Å². The zero-order chi connectivity index (χ0) is 12.4. The fraction of sp³-hybridized carbons (Fsp3) is 0.375. The summed E-state index contributed by atoms with van der Waals surface area (Å²) >= 11 is 0. The molecule has 90 valence electrons. The molecule has 17 heavy (non-hydrogen) atoms. The molecule has 0 atom stereocenters. The molecule has 0 unspecified atom stereocenters. The Morgan fingerprint density at radius 2 is 2.06 bits per heavy atom. The monoisotopic (exact) mass is 227 g/mol. The summed E-state index contributed by atoms with van der Waals surface area (Å²) in [5.41, 5.74) is 3.96. The van der Waals surface area contributed by atoms with E-state index in [1.54, 1.807) is 0 Å². The molecule has 0 spiro atoms. The number of hydrogen-bond donors (Lipinski definition) is 0. The van der Waals surface area contributed by atoms with Crippen molar-refractivity contribution in [3.05, 3.63) is 42.1 Å². The van der Waals surface area contributed by atoms with Crippen LogP contribution in [-0.2, 0) is 13.0 Å². The van der Waals surface area contributed by atoms with Crippen LogP contribution in [0.1, 0.15) is 32.0 Å². The highest BCUT2D eigenvalue weighted by atomic mass is 15.0. The molecule has 1 aromatic carbocycles. The molecule has 2 aromatic rings. The number of fused-ring (bicyclic) bond motifs is 1. The van der Waals surface area contributed by atoms with Crippen molar-refractivity contribution < 1.29 is 0 Å². The van der Waals surface area contributed by atoms with E-state index in [1.165, 1.54) is 22.2 Å². The quantitative estimate of drug-likeness (QED) is 0.724. The molecule has 0 saturated heterocycles. The van der Waals surface area contributed by atoms with Crippen molar-refractivity contribution in [2.45, 2.75) is 33.7 Å². The van der Waals surface area contributed by atoms with Crippen LogP contribution in [0.4, 0.5) is 0 Å². The average Bonchev–Trinajstić information content (AvgIpc) is 2.66. The average molecular weight is 227 g/mol. The van der Waals surface area contributed by atoms with Gasteiger partial charge in [0, 0.05) is 23.1 Å². The summed E-state index contributed by atoms with van der Waals surface area (Å²) in [5, 5.41) is 1.32. The summed E-state index contributed by atoms with van der Waals surface area (Å²) < 4.78 is 2.38. The van der Waals surface area contributed by atoms with E-state index in [2.05, 4.69) is 56.2 Å². The van der Waals surface area contributed by atoms with Gasteiger partial charge < -0.3 is 4.57 Å². The van der Waals surface area contributed by atoms with E-state index in [0.717, 1.165) is 13.0 Å². The Kier molecular flexibility index (Phi) is 3.37. The van der Waals surface area contributed by atoms with Crippen LogP contribution in [0, 0.1) is 5.92 Å². The van der Waals surface area contributed by atoms with Crippen molar-refractivity contribution in [2.24, 2.45) is 5.92 Å². The van der Waals surface area contributed by atoms with Gasteiger partial charge >= 0.3 is 0 Å². The predicted octanol–water partition coefficient (Wildman–Crippen LogP) is 4.50. The Morgan fingerprint density at radius 1 is 1.29 bits per heavy atom. The molecule has 0 saturated carbocycles. The van der Waals surface area contributed by atoms with E-state index in [1.807, 2.05) is 6.08 Å². The van der Waals surface area contributed by atoms with Gasteiger partial charge in [0.05, 0.1) is 0 Å². The fourth-order valence-electron chi connectivity index (χ4n) is 2.28. The second-order valence-electron chi connectivity index (χ2n) is 5.02. The van der Waals surface area contributed by atoms with Gasteiger partial charge in [-0.2, -0.15) is 0 Å². The van der Waals surface area contributed by atoms with Crippen LogP contribution >= 0.6 is 0 Å². The zero-order valence-electron chi connectivity index (χ0n) is 11.0. The lowest BCUT2D eigenvalue weighted by molar-refractivity contribution is 0.533. The van der Waals surface area contributed by atoms with Crippen molar-refractivity contribution in [2.75, 3.05) is 0 Å². The van der Waals surface area contributed by atoms with E-state index in [0.29, 0.717) is 5.92 Å². The van der Waals surface area contributed by atoms with Crippen LogP contribution in [0.25, 0.3) is 17.0 Å². The smallest absolute Gasteiger partial charge is 0.0487 e. The first kappa shape index (κ1) is 12.0. The maximum absolute atomic E-state index is 3.92.